The van der Waals surface area contributed by atoms with E-state index in [1.807, 2.05) is 0 Å². The summed E-state index contributed by atoms with van der Waals surface area (Å²) in [5.41, 5.74) is 0.628. The molecule has 10 nitrogen and oxygen atoms in total. The smallest absolute Gasteiger partial charge is 0.337 e. The van der Waals surface area contributed by atoms with Crippen LogP contribution < -0.4 is 15.8 Å². The number of esters is 1. The second kappa shape index (κ2) is 8.55. The Morgan fingerprint density at radius 3 is 2.59 bits per heavy atom. The van der Waals surface area contributed by atoms with E-state index in [2.05, 4.69) is 10.2 Å². The summed E-state index contributed by atoms with van der Waals surface area (Å²) in [4.78, 5) is 48.7. The van der Waals surface area contributed by atoms with Crippen LogP contribution in [0.4, 0.5) is 17.1 Å². The molecule has 2 aromatic rings. The highest BCUT2D eigenvalue weighted by molar-refractivity contribution is 5.98. The third-order valence-electron chi connectivity index (χ3n) is 4.63. The zero-order chi connectivity index (χ0) is 21.0. The number of amides is 1. The zero-order valence-electron chi connectivity index (χ0n) is 15.8. The van der Waals surface area contributed by atoms with Gasteiger partial charge in [-0.2, -0.15) is 0 Å². The van der Waals surface area contributed by atoms with Crippen LogP contribution in [0.15, 0.2) is 41.3 Å². The van der Waals surface area contributed by atoms with Gasteiger partial charge in [-0.15, -0.1) is 0 Å². The van der Waals surface area contributed by atoms with Crippen molar-refractivity contribution >= 4 is 28.9 Å². The number of anilines is 2. The SMILES string of the molecule is COC(=O)c1ccc(N2CCCC2)c(NC(=O)Cn2cc([N+](=O)[O-])ccc2=O)c1. The number of nitro groups is 1. The molecule has 0 atom stereocenters. The Morgan fingerprint density at radius 1 is 1.21 bits per heavy atom. The number of nitrogens with zero attached hydrogens (tertiary/aromatic N) is 3. The van der Waals surface area contributed by atoms with Crippen molar-refractivity contribution in [2.45, 2.75) is 19.4 Å². The summed E-state index contributed by atoms with van der Waals surface area (Å²) in [7, 11) is 1.27. The van der Waals surface area contributed by atoms with Crippen LogP contribution in [0.5, 0.6) is 0 Å². The summed E-state index contributed by atoms with van der Waals surface area (Å²) in [5, 5.41) is 13.6. The summed E-state index contributed by atoms with van der Waals surface area (Å²) >= 11 is 0. The van der Waals surface area contributed by atoms with Gasteiger partial charge in [0.25, 0.3) is 11.2 Å². The van der Waals surface area contributed by atoms with Gasteiger partial charge in [-0.25, -0.2) is 4.79 Å². The largest absolute Gasteiger partial charge is 0.465 e. The second-order valence-electron chi connectivity index (χ2n) is 6.58. The van der Waals surface area contributed by atoms with Gasteiger partial charge in [-0.1, -0.05) is 0 Å². The van der Waals surface area contributed by atoms with Crippen molar-refractivity contribution < 1.29 is 19.2 Å². The fraction of sp³-hybridized carbons (Fsp3) is 0.316. The maximum absolute atomic E-state index is 12.6. The molecule has 1 aromatic heterocycles. The molecule has 3 rings (SSSR count). The normalized spacial score (nSPS) is 13.2. The van der Waals surface area contributed by atoms with Crippen molar-refractivity contribution in [3.05, 3.63) is 62.6 Å². The molecule has 29 heavy (non-hydrogen) atoms. The molecule has 1 aliphatic rings. The van der Waals surface area contributed by atoms with E-state index in [9.17, 15) is 24.5 Å². The third-order valence-corrected chi connectivity index (χ3v) is 4.63. The molecule has 1 fully saturated rings. The van der Waals surface area contributed by atoms with Crippen LogP contribution in [0.1, 0.15) is 23.2 Å². The lowest BCUT2D eigenvalue weighted by atomic mass is 10.1. The predicted octanol–water partition coefficient (Wildman–Crippen LogP) is 1.78. The average molecular weight is 400 g/mol. The predicted molar refractivity (Wildman–Crippen MR) is 105 cm³/mol. The molecule has 0 aliphatic carbocycles. The minimum atomic E-state index is -0.640. The Kier molecular flexibility index (Phi) is 5.91. The molecule has 1 aliphatic heterocycles. The molecule has 10 heteroatoms. The summed E-state index contributed by atoms with van der Waals surface area (Å²) in [6.45, 7) is 1.25. The molecule has 1 aromatic carbocycles. The van der Waals surface area contributed by atoms with Gasteiger partial charge in [-0.05, 0) is 31.0 Å². The Labute approximate surface area is 165 Å². The first kappa shape index (κ1) is 20.1. The van der Waals surface area contributed by atoms with Crippen LogP contribution in [0.25, 0.3) is 0 Å². The number of methoxy groups -OCH3 is 1. The highest BCUT2D eigenvalue weighted by Gasteiger charge is 2.19. The summed E-state index contributed by atoms with van der Waals surface area (Å²) < 4.78 is 5.70. The molecule has 0 bridgehead atoms. The minimum absolute atomic E-state index is 0.276. The molecular formula is C19H20N4O6. The number of hydrogen-bond acceptors (Lipinski definition) is 7. The summed E-state index contributed by atoms with van der Waals surface area (Å²) in [6.07, 6.45) is 3.07. The van der Waals surface area contributed by atoms with Crippen molar-refractivity contribution in [1.82, 2.24) is 4.57 Å². The third kappa shape index (κ3) is 4.60. The van der Waals surface area contributed by atoms with Crippen LogP contribution >= 0.6 is 0 Å². The Morgan fingerprint density at radius 2 is 1.93 bits per heavy atom. The van der Waals surface area contributed by atoms with Crippen molar-refractivity contribution in [1.29, 1.82) is 0 Å². The van der Waals surface area contributed by atoms with E-state index in [-0.39, 0.29) is 11.3 Å². The second-order valence-corrected chi connectivity index (χ2v) is 6.58. The van der Waals surface area contributed by atoms with Crippen LogP contribution in [-0.4, -0.2) is 41.6 Å². The number of carbonyl (C=O) groups is 2. The van der Waals surface area contributed by atoms with Gasteiger partial charge in [0.1, 0.15) is 6.54 Å². The Hall–Kier alpha value is -3.69. The fourth-order valence-corrected chi connectivity index (χ4v) is 3.21. The number of ether oxygens (including phenoxy) is 1. The fourth-order valence-electron chi connectivity index (χ4n) is 3.21. The van der Waals surface area contributed by atoms with E-state index < -0.39 is 28.9 Å². The number of rotatable bonds is 6. The molecule has 0 saturated carbocycles. The van der Waals surface area contributed by atoms with E-state index in [1.54, 1.807) is 12.1 Å². The van der Waals surface area contributed by atoms with Gasteiger partial charge in [0, 0.05) is 25.2 Å². The van der Waals surface area contributed by atoms with E-state index in [0.29, 0.717) is 5.69 Å². The van der Waals surface area contributed by atoms with Crippen molar-refractivity contribution in [2.24, 2.45) is 0 Å². The maximum Gasteiger partial charge on any atom is 0.337 e. The maximum atomic E-state index is 12.6. The van der Waals surface area contributed by atoms with Gasteiger partial charge >= 0.3 is 5.97 Å². The highest BCUT2D eigenvalue weighted by atomic mass is 16.6. The van der Waals surface area contributed by atoms with Gasteiger partial charge in [0.05, 0.1) is 35.2 Å². The van der Waals surface area contributed by atoms with Gasteiger partial charge < -0.3 is 15.0 Å². The number of aromatic nitrogens is 1. The first-order chi connectivity index (χ1) is 13.9. The van der Waals surface area contributed by atoms with Crippen molar-refractivity contribution in [3.8, 4) is 0 Å². The van der Waals surface area contributed by atoms with Crippen molar-refractivity contribution in [3.63, 3.8) is 0 Å². The molecule has 1 saturated heterocycles. The quantitative estimate of drug-likeness (QED) is 0.445. The van der Waals surface area contributed by atoms with Gasteiger partial charge in [-0.3, -0.25) is 24.3 Å². The average Bonchev–Trinajstić information content (AvgIpc) is 3.23. The Balaban J connectivity index is 1.86. The zero-order valence-corrected chi connectivity index (χ0v) is 15.8. The molecule has 1 N–H and O–H groups in total. The first-order valence-electron chi connectivity index (χ1n) is 9.01. The molecular weight excluding hydrogens is 380 g/mol. The monoisotopic (exact) mass is 400 g/mol. The number of carbonyl (C=O) groups excluding carboxylic acids is 2. The molecule has 0 spiro atoms. The summed E-state index contributed by atoms with van der Waals surface area (Å²) in [6, 6.07) is 7.02. The summed E-state index contributed by atoms with van der Waals surface area (Å²) in [5.74, 6) is -1.08. The number of nitrogens with one attached hydrogen (secondary N) is 1. The molecule has 1 amide bonds. The van der Waals surface area contributed by atoms with E-state index >= 15 is 0 Å². The van der Waals surface area contributed by atoms with Gasteiger partial charge in [0.2, 0.25) is 5.91 Å². The molecule has 2 heterocycles. The van der Waals surface area contributed by atoms with E-state index in [0.717, 1.165) is 54.5 Å². The van der Waals surface area contributed by atoms with Crippen molar-refractivity contribution in [2.75, 3.05) is 30.4 Å². The minimum Gasteiger partial charge on any atom is -0.465 e. The lowest BCUT2D eigenvalue weighted by Crippen LogP contribution is -2.28. The Bertz CT molecular complexity index is 1010. The topological polar surface area (TPSA) is 124 Å². The van der Waals surface area contributed by atoms with E-state index in [4.69, 9.17) is 4.74 Å². The molecule has 0 unspecified atom stereocenters. The van der Waals surface area contributed by atoms with Crippen LogP contribution in [0.2, 0.25) is 0 Å². The van der Waals surface area contributed by atoms with Crippen LogP contribution in [0.3, 0.4) is 0 Å². The number of pyridine rings is 1. The van der Waals surface area contributed by atoms with Crippen LogP contribution in [0, 0.1) is 10.1 Å². The lowest BCUT2D eigenvalue weighted by Gasteiger charge is -2.22. The van der Waals surface area contributed by atoms with E-state index in [1.165, 1.54) is 13.2 Å². The molecule has 0 radical (unpaired) electrons. The number of benzene rings is 1. The lowest BCUT2D eigenvalue weighted by molar-refractivity contribution is -0.385. The van der Waals surface area contributed by atoms with Crippen LogP contribution in [-0.2, 0) is 16.1 Å². The number of hydrogen-bond donors (Lipinski definition) is 1. The standard InChI is InChI=1S/C19H20N4O6/c1-29-19(26)13-4-6-16(21-8-2-3-9-21)15(10-13)20-17(24)12-22-11-14(23(27)28)5-7-18(22)25/h4-7,10-11H,2-3,8-9,12H2,1H3,(H,20,24). The first-order valence-corrected chi connectivity index (χ1v) is 9.01. The highest BCUT2D eigenvalue weighted by Crippen LogP contribution is 2.30. The molecule has 152 valence electrons. The van der Waals surface area contributed by atoms with Gasteiger partial charge in [0.15, 0.2) is 0 Å².